The Kier molecular flexibility index (Phi) is 5.05. The summed E-state index contributed by atoms with van der Waals surface area (Å²) in [6.45, 7) is 5.32. The van der Waals surface area contributed by atoms with Gasteiger partial charge >= 0.3 is 0 Å². The Morgan fingerprint density at radius 2 is 1.56 bits per heavy atom. The van der Waals surface area contributed by atoms with E-state index in [9.17, 15) is 5.11 Å². The SMILES string of the molecule is CC1CCCC(C)N1NCC1(O)CCCCCC1. The zero-order chi connectivity index (χ0) is 13.0. The highest BCUT2D eigenvalue weighted by Crippen LogP contribution is 2.27. The molecular weight excluding hydrogens is 224 g/mol. The molecule has 0 aromatic heterocycles. The van der Waals surface area contributed by atoms with Gasteiger partial charge in [0, 0.05) is 18.6 Å². The van der Waals surface area contributed by atoms with Gasteiger partial charge in [-0.25, -0.2) is 5.01 Å². The van der Waals surface area contributed by atoms with Crippen LogP contribution >= 0.6 is 0 Å². The molecule has 0 aromatic carbocycles. The van der Waals surface area contributed by atoms with Crippen LogP contribution < -0.4 is 5.43 Å². The van der Waals surface area contributed by atoms with Gasteiger partial charge in [0.25, 0.3) is 0 Å². The van der Waals surface area contributed by atoms with E-state index in [1.165, 1.54) is 44.9 Å². The first-order valence-electron chi connectivity index (χ1n) is 7.85. The second-order valence-corrected chi connectivity index (χ2v) is 6.51. The van der Waals surface area contributed by atoms with Gasteiger partial charge in [0.15, 0.2) is 0 Å². The zero-order valence-corrected chi connectivity index (χ0v) is 12.1. The maximum Gasteiger partial charge on any atom is 0.0785 e. The highest BCUT2D eigenvalue weighted by atomic mass is 16.3. The van der Waals surface area contributed by atoms with Crippen molar-refractivity contribution in [1.82, 2.24) is 10.4 Å². The molecule has 2 unspecified atom stereocenters. The van der Waals surface area contributed by atoms with E-state index >= 15 is 0 Å². The summed E-state index contributed by atoms with van der Waals surface area (Å²) in [6, 6.07) is 1.20. The summed E-state index contributed by atoms with van der Waals surface area (Å²) < 4.78 is 0. The lowest BCUT2D eigenvalue weighted by Crippen LogP contribution is -2.56. The Bertz CT molecular complexity index is 239. The van der Waals surface area contributed by atoms with Crippen molar-refractivity contribution in [3.63, 3.8) is 0 Å². The summed E-state index contributed by atoms with van der Waals surface area (Å²) in [7, 11) is 0. The first-order valence-corrected chi connectivity index (χ1v) is 7.85. The topological polar surface area (TPSA) is 35.5 Å². The van der Waals surface area contributed by atoms with Crippen LogP contribution in [0.15, 0.2) is 0 Å². The number of hydrogen-bond donors (Lipinski definition) is 2. The molecule has 18 heavy (non-hydrogen) atoms. The van der Waals surface area contributed by atoms with Gasteiger partial charge in [-0.15, -0.1) is 0 Å². The van der Waals surface area contributed by atoms with Crippen LogP contribution in [0.25, 0.3) is 0 Å². The lowest BCUT2D eigenvalue weighted by Gasteiger charge is -2.41. The minimum absolute atomic E-state index is 0.465. The fraction of sp³-hybridized carbons (Fsp3) is 1.00. The van der Waals surface area contributed by atoms with Gasteiger partial charge in [-0.3, -0.25) is 5.43 Å². The standard InChI is InChI=1S/C15H30N2O/c1-13-8-7-9-14(2)17(13)16-12-15(18)10-5-3-4-6-11-15/h13-14,16,18H,3-12H2,1-2H3. The summed E-state index contributed by atoms with van der Waals surface area (Å²) in [5.41, 5.74) is 3.08. The zero-order valence-electron chi connectivity index (χ0n) is 12.1. The number of rotatable bonds is 3. The average molecular weight is 254 g/mol. The average Bonchev–Trinajstić information content (AvgIpc) is 2.54. The van der Waals surface area contributed by atoms with Crippen molar-refractivity contribution >= 4 is 0 Å². The summed E-state index contributed by atoms with van der Waals surface area (Å²) >= 11 is 0. The molecule has 3 nitrogen and oxygen atoms in total. The van der Waals surface area contributed by atoms with Crippen molar-refractivity contribution in [1.29, 1.82) is 0 Å². The molecule has 1 aliphatic heterocycles. The van der Waals surface area contributed by atoms with Crippen LogP contribution in [0.3, 0.4) is 0 Å². The van der Waals surface area contributed by atoms with Crippen LogP contribution in [0.5, 0.6) is 0 Å². The molecule has 106 valence electrons. The number of nitrogens with zero attached hydrogens (tertiary/aromatic N) is 1. The molecule has 2 fully saturated rings. The molecule has 2 N–H and O–H groups in total. The molecule has 1 saturated heterocycles. The second kappa shape index (κ2) is 6.36. The van der Waals surface area contributed by atoms with Crippen molar-refractivity contribution in [2.24, 2.45) is 0 Å². The Morgan fingerprint density at radius 3 is 2.11 bits per heavy atom. The molecule has 1 heterocycles. The molecule has 3 heteroatoms. The van der Waals surface area contributed by atoms with Crippen molar-refractivity contribution in [2.75, 3.05) is 6.54 Å². The maximum absolute atomic E-state index is 10.7. The van der Waals surface area contributed by atoms with Crippen LogP contribution in [0.1, 0.15) is 71.6 Å². The molecule has 0 amide bonds. The van der Waals surface area contributed by atoms with Gasteiger partial charge in [-0.2, -0.15) is 0 Å². The first-order chi connectivity index (χ1) is 8.61. The number of aliphatic hydroxyl groups is 1. The molecule has 0 aromatic rings. The highest BCUT2D eigenvalue weighted by Gasteiger charge is 2.31. The molecular formula is C15H30N2O. The number of hydrogen-bond acceptors (Lipinski definition) is 3. The predicted molar refractivity (Wildman–Crippen MR) is 75.3 cm³/mol. The van der Waals surface area contributed by atoms with E-state index in [-0.39, 0.29) is 0 Å². The molecule has 2 aliphatic rings. The molecule has 0 spiro atoms. The fourth-order valence-electron chi connectivity index (χ4n) is 3.53. The third-order valence-electron chi connectivity index (χ3n) is 4.82. The van der Waals surface area contributed by atoms with E-state index in [2.05, 4.69) is 24.3 Å². The third-order valence-corrected chi connectivity index (χ3v) is 4.82. The molecule has 1 saturated carbocycles. The smallest absolute Gasteiger partial charge is 0.0785 e. The summed E-state index contributed by atoms with van der Waals surface area (Å²) in [5, 5.41) is 13.0. The van der Waals surface area contributed by atoms with E-state index in [0.717, 1.165) is 19.4 Å². The van der Waals surface area contributed by atoms with E-state index < -0.39 is 5.60 Å². The predicted octanol–water partition coefficient (Wildman–Crippen LogP) is 2.84. The lowest BCUT2D eigenvalue weighted by molar-refractivity contribution is -0.0245. The van der Waals surface area contributed by atoms with Gasteiger partial charge in [-0.05, 0) is 39.5 Å². The van der Waals surface area contributed by atoms with Crippen LogP contribution in [0.4, 0.5) is 0 Å². The monoisotopic (exact) mass is 254 g/mol. The quantitative estimate of drug-likeness (QED) is 0.760. The van der Waals surface area contributed by atoms with E-state index in [1.807, 2.05) is 0 Å². The minimum Gasteiger partial charge on any atom is -0.389 e. The Labute approximate surface area is 112 Å². The number of piperidine rings is 1. The van der Waals surface area contributed by atoms with Gasteiger partial charge < -0.3 is 5.11 Å². The highest BCUT2D eigenvalue weighted by molar-refractivity contribution is 4.85. The van der Waals surface area contributed by atoms with Gasteiger partial charge in [0.05, 0.1) is 5.60 Å². The largest absolute Gasteiger partial charge is 0.389 e. The fourth-order valence-corrected chi connectivity index (χ4v) is 3.53. The van der Waals surface area contributed by atoms with Gasteiger partial charge in [0.2, 0.25) is 0 Å². The molecule has 2 atom stereocenters. The van der Waals surface area contributed by atoms with Gasteiger partial charge in [-0.1, -0.05) is 32.1 Å². The summed E-state index contributed by atoms with van der Waals surface area (Å²) in [6.07, 6.45) is 10.8. The van der Waals surface area contributed by atoms with E-state index in [0.29, 0.717) is 12.1 Å². The summed E-state index contributed by atoms with van der Waals surface area (Å²) in [5.74, 6) is 0. The molecule has 2 rings (SSSR count). The number of hydrazine groups is 1. The van der Waals surface area contributed by atoms with Crippen LogP contribution in [-0.2, 0) is 0 Å². The maximum atomic E-state index is 10.7. The van der Waals surface area contributed by atoms with Crippen molar-refractivity contribution in [3.05, 3.63) is 0 Å². The first kappa shape index (κ1) is 14.3. The molecule has 0 radical (unpaired) electrons. The van der Waals surface area contributed by atoms with E-state index in [4.69, 9.17) is 0 Å². The normalized spacial score (nSPS) is 34.2. The Hall–Kier alpha value is -0.120. The Morgan fingerprint density at radius 1 is 1.00 bits per heavy atom. The van der Waals surface area contributed by atoms with Gasteiger partial charge in [0.1, 0.15) is 0 Å². The van der Waals surface area contributed by atoms with E-state index in [1.54, 1.807) is 0 Å². The Balaban J connectivity index is 1.85. The van der Waals surface area contributed by atoms with Crippen LogP contribution in [-0.4, -0.2) is 34.3 Å². The third kappa shape index (κ3) is 3.69. The lowest BCUT2D eigenvalue weighted by atomic mass is 9.94. The minimum atomic E-state index is -0.465. The molecule has 0 bridgehead atoms. The van der Waals surface area contributed by atoms with Crippen LogP contribution in [0.2, 0.25) is 0 Å². The number of nitrogens with one attached hydrogen (secondary N) is 1. The van der Waals surface area contributed by atoms with Crippen molar-refractivity contribution in [2.45, 2.75) is 89.3 Å². The molecule has 1 aliphatic carbocycles. The van der Waals surface area contributed by atoms with Crippen molar-refractivity contribution in [3.8, 4) is 0 Å². The summed E-state index contributed by atoms with van der Waals surface area (Å²) in [4.78, 5) is 0. The van der Waals surface area contributed by atoms with Crippen molar-refractivity contribution < 1.29 is 5.11 Å². The second-order valence-electron chi connectivity index (χ2n) is 6.51. The van der Waals surface area contributed by atoms with Crippen LogP contribution in [0, 0.1) is 0 Å².